The molecule has 0 aromatic carbocycles. The van der Waals surface area contributed by atoms with E-state index in [2.05, 4.69) is 35.9 Å². The minimum absolute atomic E-state index is 0.375. The number of morpholine rings is 1. The topological polar surface area (TPSA) is 27.7 Å². The van der Waals surface area contributed by atoms with Gasteiger partial charge in [0.25, 0.3) is 0 Å². The molecular formula is C16H33N3O. The molecule has 0 bridgehead atoms. The maximum Gasteiger partial charge on any atom is 0.0826 e. The van der Waals surface area contributed by atoms with E-state index in [4.69, 9.17) is 4.74 Å². The number of nitrogens with zero attached hydrogens (tertiary/aromatic N) is 2. The summed E-state index contributed by atoms with van der Waals surface area (Å²) in [5.41, 5.74) is 0. The van der Waals surface area contributed by atoms with E-state index in [0.717, 1.165) is 26.2 Å². The molecule has 0 aromatic heterocycles. The Hall–Kier alpha value is -0.160. The molecule has 2 rings (SSSR count). The first kappa shape index (κ1) is 16.2. The van der Waals surface area contributed by atoms with Crippen molar-refractivity contribution < 1.29 is 4.74 Å². The summed E-state index contributed by atoms with van der Waals surface area (Å²) < 4.78 is 5.89. The van der Waals surface area contributed by atoms with Crippen LogP contribution in [0.1, 0.15) is 40.0 Å². The largest absolute Gasteiger partial charge is 0.374 e. The second-order valence-electron chi connectivity index (χ2n) is 6.61. The van der Waals surface area contributed by atoms with Crippen LogP contribution in [0, 0.1) is 0 Å². The average Bonchev–Trinajstić information content (AvgIpc) is 2.47. The monoisotopic (exact) mass is 283 g/mol. The molecule has 20 heavy (non-hydrogen) atoms. The summed E-state index contributed by atoms with van der Waals surface area (Å²) in [7, 11) is 0. The van der Waals surface area contributed by atoms with E-state index in [1.54, 1.807) is 0 Å². The van der Waals surface area contributed by atoms with Crippen LogP contribution >= 0.6 is 0 Å². The SMILES string of the molecule is CCCN1CCC(NCC2CN(C(C)C)CCO2)CC1. The van der Waals surface area contributed by atoms with Crippen molar-refractivity contribution in [2.75, 3.05) is 45.9 Å². The number of nitrogens with one attached hydrogen (secondary N) is 1. The van der Waals surface area contributed by atoms with Gasteiger partial charge in [-0.1, -0.05) is 6.92 Å². The molecule has 4 nitrogen and oxygen atoms in total. The zero-order valence-electron chi connectivity index (χ0n) is 13.6. The van der Waals surface area contributed by atoms with Crippen LogP contribution in [0.2, 0.25) is 0 Å². The van der Waals surface area contributed by atoms with E-state index in [1.807, 2.05) is 0 Å². The molecule has 2 saturated heterocycles. The minimum atomic E-state index is 0.375. The smallest absolute Gasteiger partial charge is 0.0826 e. The summed E-state index contributed by atoms with van der Waals surface area (Å²) in [6.45, 7) is 14.7. The van der Waals surface area contributed by atoms with Gasteiger partial charge in [-0.25, -0.2) is 0 Å². The lowest BCUT2D eigenvalue weighted by molar-refractivity contribution is -0.0388. The molecule has 2 aliphatic heterocycles. The highest BCUT2D eigenvalue weighted by Crippen LogP contribution is 2.12. The highest BCUT2D eigenvalue weighted by atomic mass is 16.5. The van der Waals surface area contributed by atoms with Gasteiger partial charge in [0.2, 0.25) is 0 Å². The van der Waals surface area contributed by atoms with Gasteiger partial charge in [0.1, 0.15) is 0 Å². The fourth-order valence-electron chi connectivity index (χ4n) is 3.31. The summed E-state index contributed by atoms with van der Waals surface area (Å²) >= 11 is 0. The lowest BCUT2D eigenvalue weighted by Gasteiger charge is -2.37. The van der Waals surface area contributed by atoms with Crippen LogP contribution < -0.4 is 5.32 Å². The molecule has 1 unspecified atom stereocenters. The van der Waals surface area contributed by atoms with E-state index in [-0.39, 0.29) is 0 Å². The van der Waals surface area contributed by atoms with Crippen LogP contribution in [0.3, 0.4) is 0 Å². The average molecular weight is 283 g/mol. The van der Waals surface area contributed by atoms with Crippen molar-refractivity contribution in [3.8, 4) is 0 Å². The number of ether oxygens (including phenoxy) is 1. The van der Waals surface area contributed by atoms with Gasteiger partial charge in [0.05, 0.1) is 12.7 Å². The summed E-state index contributed by atoms with van der Waals surface area (Å²) in [6, 6.07) is 1.33. The van der Waals surface area contributed by atoms with E-state index in [1.165, 1.54) is 38.9 Å². The van der Waals surface area contributed by atoms with Gasteiger partial charge >= 0.3 is 0 Å². The Bertz CT molecular complexity index is 264. The van der Waals surface area contributed by atoms with Crippen molar-refractivity contribution >= 4 is 0 Å². The zero-order valence-corrected chi connectivity index (χ0v) is 13.6. The summed E-state index contributed by atoms with van der Waals surface area (Å²) in [6.07, 6.45) is 4.24. The molecule has 118 valence electrons. The van der Waals surface area contributed by atoms with Gasteiger partial charge in [0.15, 0.2) is 0 Å². The van der Waals surface area contributed by atoms with Crippen molar-refractivity contribution in [2.24, 2.45) is 0 Å². The maximum atomic E-state index is 5.89. The standard InChI is InChI=1S/C16H33N3O/c1-4-7-18-8-5-15(6-9-18)17-12-16-13-19(14(2)3)10-11-20-16/h14-17H,4-13H2,1-3H3. The van der Waals surface area contributed by atoms with E-state index >= 15 is 0 Å². The molecule has 0 radical (unpaired) electrons. The van der Waals surface area contributed by atoms with Crippen molar-refractivity contribution in [2.45, 2.75) is 58.2 Å². The van der Waals surface area contributed by atoms with Crippen LogP contribution in [0.4, 0.5) is 0 Å². The predicted molar refractivity (Wildman–Crippen MR) is 84.2 cm³/mol. The highest BCUT2D eigenvalue weighted by molar-refractivity contribution is 4.81. The first-order chi connectivity index (χ1) is 9.69. The van der Waals surface area contributed by atoms with E-state index in [0.29, 0.717) is 18.2 Å². The van der Waals surface area contributed by atoms with E-state index < -0.39 is 0 Å². The van der Waals surface area contributed by atoms with Crippen LogP contribution in [0.15, 0.2) is 0 Å². The van der Waals surface area contributed by atoms with Gasteiger partial charge in [-0.05, 0) is 52.7 Å². The predicted octanol–water partition coefficient (Wildman–Crippen LogP) is 1.56. The Morgan fingerprint density at radius 2 is 1.95 bits per heavy atom. The Balaban J connectivity index is 1.63. The molecule has 2 heterocycles. The molecule has 0 aromatic rings. The zero-order chi connectivity index (χ0) is 14.4. The highest BCUT2D eigenvalue weighted by Gasteiger charge is 2.24. The third kappa shape index (κ3) is 4.99. The molecule has 0 spiro atoms. The molecule has 2 aliphatic rings. The second kappa shape index (κ2) is 8.32. The van der Waals surface area contributed by atoms with Gasteiger partial charge in [0, 0.05) is 31.7 Å². The minimum Gasteiger partial charge on any atom is -0.374 e. The molecular weight excluding hydrogens is 250 g/mol. The molecule has 1 atom stereocenters. The Kier molecular flexibility index (Phi) is 6.75. The fraction of sp³-hybridized carbons (Fsp3) is 1.00. The van der Waals surface area contributed by atoms with E-state index in [9.17, 15) is 0 Å². The van der Waals surface area contributed by atoms with Crippen molar-refractivity contribution in [1.82, 2.24) is 15.1 Å². The lowest BCUT2D eigenvalue weighted by atomic mass is 10.0. The first-order valence-electron chi connectivity index (χ1n) is 8.50. The molecule has 1 N–H and O–H groups in total. The second-order valence-corrected chi connectivity index (χ2v) is 6.61. The van der Waals surface area contributed by atoms with Gasteiger partial charge in [-0.2, -0.15) is 0 Å². The molecule has 0 aliphatic carbocycles. The number of likely N-dealkylation sites (tertiary alicyclic amines) is 1. The van der Waals surface area contributed by atoms with Crippen LogP contribution in [0.5, 0.6) is 0 Å². The van der Waals surface area contributed by atoms with Crippen molar-refractivity contribution in [1.29, 1.82) is 0 Å². The Morgan fingerprint density at radius 3 is 2.60 bits per heavy atom. The third-order valence-corrected chi connectivity index (χ3v) is 4.66. The Morgan fingerprint density at radius 1 is 1.20 bits per heavy atom. The van der Waals surface area contributed by atoms with Crippen molar-refractivity contribution in [3.63, 3.8) is 0 Å². The number of piperidine rings is 1. The number of hydrogen-bond donors (Lipinski definition) is 1. The maximum absolute atomic E-state index is 5.89. The number of rotatable bonds is 6. The Labute approximate surface area is 124 Å². The van der Waals surface area contributed by atoms with Crippen molar-refractivity contribution in [3.05, 3.63) is 0 Å². The summed E-state index contributed by atoms with van der Waals surface area (Å²) in [5, 5.41) is 3.74. The summed E-state index contributed by atoms with van der Waals surface area (Å²) in [4.78, 5) is 5.12. The summed E-state index contributed by atoms with van der Waals surface area (Å²) in [5.74, 6) is 0. The molecule has 0 saturated carbocycles. The normalized spacial score (nSPS) is 27.3. The fourth-order valence-corrected chi connectivity index (χ4v) is 3.31. The molecule has 4 heteroatoms. The lowest BCUT2D eigenvalue weighted by Crippen LogP contribution is -2.51. The number of hydrogen-bond acceptors (Lipinski definition) is 4. The van der Waals surface area contributed by atoms with Gasteiger partial charge < -0.3 is 15.0 Å². The third-order valence-electron chi connectivity index (χ3n) is 4.66. The first-order valence-corrected chi connectivity index (χ1v) is 8.50. The molecule has 0 amide bonds. The molecule has 2 fully saturated rings. The van der Waals surface area contributed by atoms with Gasteiger partial charge in [-0.15, -0.1) is 0 Å². The van der Waals surface area contributed by atoms with Crippen LogP contribution in [-0.4, -0.2) is 73.9 Å². The van der Waals surface area contributed by atoms with Crippen LogP contribution in [0.25, 0.3) is 0 Å². The van der Waals surface area contributed by atoms with Crippen LogP contribution in [-0.2, 0) is 4.74 Å². The van der Waals surface area contributed by atoms with Gasteiger partial charge in [-0.3, -0.25) is 4.90 Å². The quantitative estimate of drug-likeness (QED) is 0.801.